The van der Waals surface area contributed by atoms with Crippen LogP contribution in [-0.2, 0) is 16.1 Å². The first kappa shape index (κ1) is 22.1. The van der Waals surface area contributed by atoms with Gasteiger partial charge in [0.25, 0.3) is 5.91 Å². The van der Waals surface area contributed by atoms with Crippen LogP contribution in [0.3, 0.4) is 0 Å². The van der Waals surface area contributed by atoms with Crippen LogP contribution in [-0.4, -0.2) is 43.2 Å². The molecule has 3 atom stereocenters. The molecular formula is C22H32ClN3O3. The van der Waals surface area contributed by atoms with Crippen molar-refractivity contribution in [3.63, 3.8) is 0 Å². The fourth-order valence-corrected chi connectivity index (χ4v) is 4.81. The summed E-state index contributed by atoms with van der Waals surface area (Å²) in [4.78, 5) is 24.7. The molecule has 7 heteroatoms. The molecule has 0 saturated carbocycles. The summed E-state index contributed by atoms with van der Waals surface area (Å²) < 4.78 is 5.54. The second kappa shape index (κ2) is 10.4. The van der Waals surface area contributed by atoms with E-state index in [1.165, 1.54) is 12.8 Å². The molecule has 29 heavy (non-hydrogen) atoms. The maximum atomic E-state index is 12.4. The number of carbonyl (C=O) groups is 2. The smallest absolute Gasteiger partial charge is 0.251 e. The lowest BCUT2D eigenvalue weighted by molar-refractivity contribution is -0.122. The van der Waals surface area contributed by atoms with E-state index in [-0.39, 0.29) is 30.3 Å². The predicted octanol–water partition coefficient (Wildman–Crippen LogP) is 2.55. The predicted molar refractivity (Wildman–Crippen MR) is 114 cm³/mol. The van der Waals surface area contributed by atoms with Crippen molar-refractivity contribution in [2.75, 3.05) is 13.2 Å². The number of rotatable bonds is 7. The second-order valence-electron chi connectivity index (χ2n) is 8.50. The molecule has 0 spiro atoms. The van der Waals surface area contributed by atoms with E-state index in [4.69, 9.17) is 4.74 Å². The zero-order valence-corrected chi connectivity index (χ0v) is 17.6. The fraction of sp³-hybridized carbons (Fsp3) is 0.636. The first-order valence-electron chi connectivity index (χ1n) is 10.7. The third-order valence-corrected chi connectivity index (χ3v) is 6.24. The Balaban J connectivity index is 0.00000240. The van der Waals surface area contributed by atoms with Gasteiger partial charge in [0.15, 0.2) is 0 Å². The fourth-order valence-electron chi connectivity index (χ4n) is 4.81. The molecule has 0 aromatic heterocycles. The van der Waals surface area contributed by atoms with Crippen molar-refractivity contribution in [1.82, 2.24) is 16.0 Å². The number of fused-ring (bicyclic) bond motifs is 2. The lowest BCUT2D eigenvalue weighted by atomic mass is 9.89. The SMILES string of the molecule is Cl.O=C(CC1CC2CCC(C1)N2)NCc1cccc(C(=O)NCC2CCCO2)c1. The highest BCUT2D eigenvalue weighted by atomic mass is 35.5. The quantitative estimate of drug-likeness (QED) is 0.632. The summed E-state index contributed by atoms with van der Waals surface area (Å²) in [6.45, 7) is 1.80. The number of halogens is 1. The molecule has 0 aliphatic carbocycles. The minimum atomic E-state index is -0.0890. The normalized spacial score (nSPS) is 27.9. The number of ether oxygens (including phenoxy) is 1. The van der Waals surface area contributed by atoms with Gasteiger partial charge in [-0.3, -0.25) is 9.59 Å². The van der Waals surface area contributed by atoms with Crippen LogP contribution in [0.1, 0.15) is 60.9 Å². The van der Waals surface area contributed by atoms with Gasteiger partial charge in [-0.15, -0.1) is 12.4 Å². The minimum absolute atomic E-state index is 0. The number of amides is 2. The monoisotopic (exact) mass is 421 g/mol. The van der Waals surface area contributed by atoms with Crippen LogP contribution in [0.4, 0.5) is 0 Å². The molecule has 1 aromatic carbocycles. The van der Waals surface area contributed by atoms with Gasteiger partial charge < -0.3 is 20.7 Å². The minimum Gasteiger partial charge on any atom is -0.376 e. The Bertz CT molecular complexity index is 696. The number of hydrogen-bond donors (Lipinski definition) is 3. The van der Waals surface area contributed by atoms with Crippen LogP contribution in [0.2, 0.25) is 0 Å². The molecule has 3 N–H and O–H groups in total. The first-order chi connectivity index (χ1) is 13.7. The summed E-state index contributed by atoms with van der Waals surface area (Å²) in [5, 5.41) is 9.59. The number of carbonyl (C=O) groups excluding carboxylic acids is 2. The van der Waals surface area contributed by atoms with Crippen LogP contribution < -0.4 is 16.0 Å². The van der Waals surface area contributed by atoms with E-state index in [2.05, 4.69) is 16.0 Å². The van der Waals surface area contributed by atoms with Crippen molar-refractivity contribution < 1.29 is 14.3 Å². The Hall–Kier alpha value is -1.63. The molecule has 2 bridgehead atoms. The summed E-state index contributed by atoms with van der Waals surface area (Å²) in [6, 6.07) is 8.70. The van der Waals surface area contributed by atoms with Crippen molar-refractivity contribution in [1.29, 1.82) is 0 Å². The molecule has 6 nitrogen and oxygen atoms in total. The number of piperidine rings is 1. The third kappa shape index (κ3) is 6.17. The molecule has 4 rings (SSSR count). The molecule has 0 radical (unpaired) electrons. The first-order valence-corrected chi connectivity index (χ1v) is 10.7. The summed E-state index contributed by atoms with van der Waals surface area (Å²) in [5.74, 6) is 0.516. The molecule has 3 heterocycles. The molecule has 3 unspecified atom stereocenters. The zero-order chi connectivity index (χ0) is 19.3. The Kier molecular flexibility index (Phi) is 7.92. The van der Waals surface area contributed by atoms with E-state index < -0.39 is 0 Å². The van der Waals surface area contributed by atoms with E-state index in [0.717, 1.165) is 37.9 Å². The van der Waals surface area contributed by atoms with Gasteiger partial charge in [0, 0.05) is 43.8 Å². The average Bonchev–Trinajstić information content (AvgIpc) is 3.34. The van der Waals surface area contributed by atoms with Gasteiger partial charge in [-0.05, 0) is 62.1 Å². The molecule has 1 aromatic rings. The van der Waals surface area contributed by atoms with Gasteiger partial charge in [0.2, 0.25) is 5.91 Å². The lowest BCUT2D eigenvalue weighted by Gasteiger charge is -2.28. The number of nitrogens with one attached hydrogen (secondary N) is 3. The van der Waals surface area contributed by atoms with Gasteiger partial charge in [-0.1, -0.05) is 12.1 Å². The third-order valence-electron chi connectivity index (χ3n) is 6.24. The van der Waals surface area contributed by atoms with Crippen LogP contribution >= 0.6 is 12.4 Å². The van der Waals surface area contributed by atoms with Gasteiger partial charge in [-0.25, -0.2) is 0 Å². The van der Waals surface area contributed by atoms with Crippen LogP contribution in [0.15, 0.2) is 24.3 Å². The van der Waals surface area contributed by atoms with Crippen molar-refractivity contribution >= 4 is 24.2 Å². The highest BCUT2D eigenvalue weighted by Crippen LogP contribution is 2.32. The Labute approximate surface area is 178 Å². The molecule has 3 saturated heterocycles. The number of benzene rings is 1. The largest absolute Gasteiger partial charge is 0.376 e. The second-order valence-corrected chi connectivity index (χ2v) is 8.50. The summed E-state index contributed by atoms with van der Waals surface area (Å²) in [5.41, 5.74) is 1.57. The van der Waals surface area contributed by atoms with E-state index in [0.29, 0.717) is 43.1 Å². The van der Waals surface area contributed by atoms with Crippen molar-refractivity contribution in [2.24, 2.45) is 5.92 Å². The topological polar surface area (TPSA) is 79.5 Å². The van der Waals surface area contributed by atoms with Crippen molar-refractivity contribution in [3.05, 3.63) is 35.4 Å². The molecule has 160 valence electrons. The Morgan fingerprint density at radius 1 is 1.10 bits per heavy atom. The molecule has 3 aliphatic heterocycles. The summed E-state index contributed by atoms with van der Waals surface area (Å²) >= 11 is 0. The van der Waals surface area contributed by atoms with Gasteiger partial charge in [0.05, 0.1) is 6.10 Å². The molecule has 2 amide bonds. The highest BCUT2D eigenvalue weighted by molar-refractivity contribution is 5.94. The van der Waals surface area contributed by atoms with E-state index in [1.54, 1.807) is 6.07 Å². The maximum absolute atomic E-state index is 12.4. The van der Waals surface area contributed by atoms with Crippen molar-refractivity contribution in [2.45, 2.75) is 69.7 Å². The molecular weight excluding hydrogens is 390 g/mol. The standard InChI is InChI=1S/C22H31N3O3.ClH/c26-21(12-16-10-18-6-7-19(11-16)25-18)23-13-15-3-1-4-17(9-15)22(27)24-14-20-5-2-8-28-20;/h1,3-4,9,16,18-20,25H,2,5-8,10-14H2,(H,23,26)(H,24,27);1H. The molecule has 3 aliphatic rings. The lowest BCUT2D eigenvalue weighted by Crippen LogP contribution is -2.39. The van der Waals surface area contributed by atoms with Crippen LogP contribution in [0.25, 0.3) is 0 Å². The van der Waals surface area contributed by atoms with E-state index in [1.807, 2.05) is 18.2 Å². The Morgan fingerprint density at radius 3 is 2.62 bits per heavy atom. The van der Waals surface area contributed by atoms with Crippen LogP contribution in [0.5, 0.6) is 0 Å². The Morgan fingerprint density at radius 2 is 1.90 bits per heavy atom. The van der Waals surface area contributed by atoms with E-state index >= 15 is 0 Å². The maximum Gasteiger partial charge on any atom is 0.251 e. The van der Waals surface area contributed by atoms with Crippen molar-refractivity contribution in [3.8, 4) is 0 Å². The molecule has 3 fully saturated rings. The van der Waals surface area contributed by atoms with Gasteiger partial charge >= 0.3 is 0 Å². The van der Waals surface area contributed by atoms with Crippen LogP contribution in [0, 0.1) is 5.92 Å². The number of hydrogen-bond acceptors (Lipinski definition) is 4. The van der Waals surface area contributed by atoms with E-state index in [9.17, 15) is 9.59 Å². The summed E-state index contributed by atoms with van der Waals surface area (Å²) in [7, 11) is 0. The highest BCUT2D eigenvalue weighted by Gasteiger charge is 2.34. The average molecular weight is 422 g/mol. The zero-order valence-electron chi connectivity index (χ0n) is 16.8. The summed E-state index contributed by atoms with van der Waals surface area (Å²) in [6.07, 6.45) is 7.55. The van der Waals surface area contributed by atoms with Gasteiger partial charge in [-0.2, -0.15) is 0 Å². The van der Waals surface area contributed by atoms with Gasteiger partial charge in [0.1, 0.15) is 0 Å².